The summed E-state index contributed by atoms with van der Waals surface area (Å²) in [4.78, 5) is 0. The van der Waals surface area contributed by atoms with E-state index in [-0.39, 0.29) is 0 Å². The van der Waals surface area contributed by atoms with Crippen molar-refractivity contribution in [1.29, 1.82) is 5.26 Å². The third-order valence-electron chi connectivity index (χ3n) is 5.40. The fourth-order valence-corrected chi connectivity index (χ4v) is 3.73. The molecule has 0 heterocycles. The van der Waals surface area contributed by atoms with Crippen LogP contribution in [0.1, 0.15) is 63.0 Å². The second kappa shape index (κ2) is 10.9. The van der Waals surface area contributed by atoms with Gasteiger partial charge in [0.1, 0.15) is 0 Å². The van der Waals surface area contributed by atoms with Gasteiger partial charge >= 0.3 is 0 Å². The van der Waals surface area contributed by atoms with E-state index in [1.807, 2.05) is 18.2 Å². The van der Waals surface area contributed by atoms with Gasteiger partial charge in [0, 0.05) is 6.08 Å². The number of benzene rings is 1. The average molecular weight is 322 g/mol. The van der Waals surface area contributed by atoms with Gasteiger partial charge in [-0.25, -0.2) is 0 Å². The summed E-state index contributed by atoms with van der Waals surface area (Å²) < 4.78 is 0. The van der Waals surface area contributed by atoms with Crippen LogP contribution in [-0.4, -0.2) is 0 Å². The molecule has 0 amide bonds. The molecule has 24 heavy (non-hydrogen) atoms. The fourth-order valence-electron chi connectivity index (χ4n) is 3.73. The third-order valence-corrected chi connectivity index (χ3v) is 5.40. The quantitative estimate of drug-likeness (QED) is 0.401. The number of allylic oxidation sites excluding steroid dienone is 4. The lowest BCUT2D eigenvalue weighted by atomic mass is 9.78. The van der Waals surface area contributed by atoms with Crippen molar-refractivity contribution >= 4 is 0 Å². The maximum atomic E-state index is 8.42. The first kappa shape index (κ1) is 18.5. The Morgan fingerprint density at radius 1 is 0.958 bits per heavy atom. The SMILES string of the molecule is CCc1ccc(CC[C@H]2CC[C@H](CCC=CC=CC#N)CC2)cc1. The molecule has 2 rings (SSSR count). The first-order valence-electron chi connectivity index (χ1n) is 9.61. The zero-order valence-corrected chi connectivity index (χ0v) is 15.1. The Kier molecular flexibility index (Phi) is 8.39. The smallest absolute Gasteiger partial charge is 0.0912 e. The van der Waals surface area contributed by atoms with Crippen molar-refractivity contribution < 1.29 is 0 Å². The molecule has 1 aliphatic rings. The van der Waals surface area contributed by atoms with Gasteiger partial charge < -0.3 is 0 Å². The first-order valence-corrected chi connectivity index (χ1v) is 9.61. The Hall–Kier alpha value is -1.81. The molecule has 0 unspecified atom stereocenters. The lowest BCUT2D eigenvalue weighted by Gasteiger charge is -2.28. The van der Waals surface area contributed by atoms with E-state index in [9.17, 15) is 0 Å². The second-order valence-electron chi connectivity index (χ2n) is 7.09. The number of rotatable bonds is 8. The van der Waals surface area contributed by atoms with Crippen molar-refractivity contribution in [2.24, 2.45) is 11.8 Å². The van der Waals surface area contributed by atoms with E-state index in [0.717, 1.165) is 24.7 Å². The van der Waals surface area contributed by atoms with Crippen LogP contribution in [0.4, 0.5) is 0 Å². The van der Waals surface area contributed by atoms with Crippen molar-refractivity contribution in [3.05, 3.63) is 59.7 Å². The van der Waals surface area contributed by atoms with Gasteiger partial charge in [-0.1, -0.05) is 75.1 Å². The molecule has 1 aromatic rings. The van der Waals surface area contributed by atoms with Crippen molar-refractivity contribution in [2.45, 2.75) is 64.7 Å². The molecule has 1 saturated carbocycles. The van der Waals surface area contributed by atoms with Gasteiger partial charge in [0.2, 0.25) is 0 Å². The molecule has 0 N–H and O–H groups in total. The van der Waals surface area contributed by atoms with Gasteiger partial charge in [-0.05, 0) is 55.1 Å². The van der Waals surface area contributed by atoms with Crippen molar-refractivity contribution in [3.63, 3.8) is 0 Å². The molecule has 0 atom stereocenters. The molecule has 1 heteroatoms. The van der Waals surface area contributed by atoms with Crippen LogP contribution in [-0.2, 0) is 12.8 Å². The van der Waals surface area contributed by atoms with Crippen LogP contribution < -0.4 is 0 Å². The molecular weight excluding hydrogens is 290 g/mol. The highest BCUT2D eigenvalue weighted by atomic mass is 14.3. The molecule has 0 aromatic heterocycles. The van der Waals surface area contributed by atoms with Crippen LogP contribution in [0.2, 0.25) is 0 Å². The van der Waals surface area contributed by atoms with Crippen molar-refractivity contribution in [3.8, 4) is 6.07 Å². The van der Waals surface area contributed by atoms with Gasteiger partial charge in [0.05, 0.1) is 6.07 Å². The number of nitriles is 1. The highest BCUT2D eigenvalue weighted by molar-refractivity contribution is 5.22. The van der Waals surface area contributed by atoms with Gasteiger partial charge in [-0.3, -0.25) is 0 Å². The predicted molar refractivity (Wildman–Crippen MR) is 103 cm³/mol. The van der Waals surface area contributed by atoms with E-state index in [1.165, 1.54) is 62.1 Å². The van der Waals surface area contributed by atoms with E-state index in [2.05, 4.69) is 37.3 Å². The van der Waals surface area contributed by atoms with E-state index in [1.54, 1.807) is 0 Å². The summed E-state index contributed by atoms with van der Waals surface area (Å²) in [5.41, 5.74) is 2.95. The maximum absolute atomic E-state index is 8.42. The average Bonchev–Trinajstić information content (AvgIpc) is 2.64. The summed E-state index contributed by atoms with van der Waals surface area (Å²) in [6.45, 7) is 2.21. The van der Waals surface area contributed by atoms with Crippen molar-refractivity contribution in [2.75, 3.05) is 0 Å². The number of hydrogen-bond donors (Lipinski definition) is 0. The van der Waals surface area contributed by atoms with E-state index in [4.69, 9.17) is 5.26 Å². The largest absolute Gasteiger partial charge is 0.193 e. The van der Waals surface area contributed by atoms with Crippen molar-refractivity contribution in [1.82, 2.24) is 0 Å². The molecular formula is C23H31N. The van der Waals surface area contributed by atoms with Crippen LogP contribution in [0, 0.1) is 23.2 Å². The molecule has 0 bridgehead atoms. The fraction of sp³-hybridized carbons (Fsp3) is 0.522. The Labute approximate surface area is 148 Å². The van der Waals surface area contributed by atoms with Crippen LogP contribution in [0.3, 0.4) is 0 Å². The molecule has 1 nitrogen and oxygen atoms in total. The van der Waals surface area contributed by atoms with E-state index < -0.39 is 0 Å². The van der Waals surface area contributed by atoms with Gasteiger partial charge in [-0.15, -0.1) is 0 Å². The normalized spacial score (nSPS) is 21.3. The van der Waals surface area contributed by atoms with E-state index >= 15 is 0 Å². The Morgan fingerprint density at radius 3 is 2.21 bits per heavy atom. The Bertz CT molecular complexity index is 551. The Balaban J connectivity index is 1.61. The minimum Gasteiger partial charge on any atom is -0.193 e. The molecule has 1 aromatic carbocycles. The lowest BCUT2D eigenvalue weighted by Crippen LogP contribution is -2.15. The summed E-state index contributed by atoms with van der Waals surface area (Å²) in [5, 5.41) is 8.42. The summed E-state index contributed by atoms with van der Waals surface area (Å²) in [7, 11) is 0. The van der Waals surface area contributed by atoms with Crippen LogP contribution in [0.5, 0.6) is 0 Å². The lowest BCUT2D eigenvalue weighted by molar-refractivity contribution is 0.254. The van der Waals surface area contributed by atoms with E-state index in [0.29, 0.717) is 0 Å². The zero-order valence-electron chi connectivity index (χ0n) is 15.1. The number of nitrogens with zero attached hydrogens (tertiary/aromatic N) is 1. The Morgan fingerprint density at radius 2 is 1.58 bits per heavy atom. The monoisotopic (exact) mass is 321 g/mol. The highest BCUT2D eigenvalue weighted by Crippen LogP contribution is 2.34. The molecule has 1 fully saturated rings. The molecule has 0 saturated heterocycles. The van der Waals surface area contributed by atoms with Gasteiger partial charge in [-0.2, -0.15) is 5.26 Å². The summed E-state index contributed by atoms with van der Waals surface area (Å²) in [5.74, 6) is 1.84. The predicted octanol–water partition coefficient (Wildman–Crippen LogP) is 6.40. The van der Waals surface area contributed by atoms with Gasteiger partial charge in [0.15, 0.2) is 0 Å². The maximum Gasteiger partial charge on any atom is 0.0912 e. The topological polar surface area (TPSA) is 23.8 Å². The van der Waals surface area contributed by atoms with Crippen LogP contribution in [0.25, 0.3) is 0 Å². The highest BCUT2D eigenvalue weighted by Gasteiger charge is 2.20. The molecule has 0 radical (unpaired) electrons. The minimum absolute atomic E-state index is 0.912. The van der Waals surface area contributed by atoms with Crippen LogP contribution >= 0.6 is 0 Å². The molecule has 0 aliphatic heterocycles. The molecule has 128 valence electrons. The summed E-state index contributed by atoms with van der Waals surface area (Å²) >= 11 is 0. The molecule has 0 spiro atoms. The summed E-state index contributed by atoms with van der Waals surface area (Å²) in [6.07, 6.45) is 19.4. The molecule has 1 aliphatic carbocycles. The minimum atomic E-state index is 0.912. The first-order chi connectivity index (χ1) is 11.8. The third kappa shape index (κ3) is 6.75. The van der Waals surface area contributed by atoms with Crippen LogP contribution in [0.15, 0.2) is 48.6 Å². The summed E-state index contributed by atoms with van der Waals surface area (Å²) in [6, 6.07) is 11.2. The zero-order chi connectivity index (χ0) is 17.0. The second-order valence-corrected chi connectivity index (χ2v) is 7.09. The number of aryl methyl sites for hydroxylation is 2. The number of hydrogen-bond acceptors (Lipinski definition) is 1. The standard InChI is InChI=1S/C23H31N/c1-2-20-9-11-22(12-10-20)17-18-23-15-13-21(14-16-23)8-6-4-3-5-7-19-24/h3-5,7,9-12,21,23H,2,6,8,13-18H2,1H3/t21-,23-. The van der Waals surface area contributed by atoms with Gasteiger partial charge in [0.25, 0.3) is 0 Å².